The molecule has 0 saturated heterocycles. The standard InChI is InChI=1S/C11H14F2N4O2/c1-18-8-4-2-3-7(5-16-17-11(14)15)10(8)19-6-9(12)13/h2-5,9H,6H2,1H3,(H4,14,15,17). The predicted molar refractivity (Wildman–Crippen MR) is 67.9 cm³/mol. The summed E-state index contributed by atoms with van der Waals surface area (Å²) in [6.45, 7) is -0.747. The topological polar surface area (TPSA) is 95.2 Å². The van der Waals surface area contributed by atoms with E-state index in [9.17, 15) is 8.78 Å². The van der Waals surface area contributed by atoms with Crippen LogP contribution in [-0.4, -0.2) is 32.3 Å². The van der Waals surface area contributed by atoms with Gasteiger partial charge in [-0.15, -0.1) is 5.10 Å². The minimum absolute atomic E-state index is 0.153. The van der Waals surface area contributed by atoms with Crippen molar-refractivity contribution < 1.29 is 18.3 Å². The molecule has 0 saturated carbocycles. The minimum atomic E-state index is -2.59. The Kier molecular flexibility index (Phi) is 5.52. The van der Waals surface area contributed by atoms with E-state index >= 15 is 0 Å². The molecule has 0 fully saturated rings. The van der Waals surface area contributed by atoms with Gasteiger partial charge in [0.1, 0.15) is 6.61 Å². The summed E-state index contributed by atoms with van der Waals surface area (Å²) < 4.78 is 34.4. The van der Waals surface area contributed by atoms with E-state index in [1.807, 2.05) is 0 Å². The summed E-state index contributed by atoms with van der Waals surface area (Å²) in [6, 6.07) is 4.85. The number of para-hydroxylation sites is 1. The molecule has 19 heavy (non-hydrogen) atoms. The molecule has 1 aromatic carbocycles. The quantitative estimate of drug-likeness (QED) is 0.458. The molecule has 0 radical (unpaired) electrons. The molecular formula is C11H14F2N4O2. The SMILES string of the molecule is COc1cccc(C=NN=C(N)N)c1OCC(F)F. The van der Waals surface area contributed by atoms with Gasteiger partial charge in [0.15, 0.2) is 11.5 Å². The molecule has 0 unspecified atom stereocenters. The summed E-state index contributed by atoms with van der Waals surface area (Å²) in [5.41, 5.74) is 10.6. The molecule has 6 nitrogen and oxygen atoms in total. The van der Waals surface area contributed by atoms with Crippen LogP contribution in [0, 0.1) is 0 Å². The van der Waals surface area contributed by atoms with Gasteiger partial charge in [-0.3, -0.25) is 0 Å². The number of halogens is 2. The molecule has 4 N–H and O–H groups in total. The summed E-state index contributed by atoms with van der Waals surface area (Å²) in [5.74, 6) is 0.253. The Bertz CT molecular complexity index is 474. The molecule has 0 heterocycles. The highest BCUT2D eigenvalue weighted by atomic mass is 19.3. The fraction of sp³-hybridized carbons (Fsp3) is 0.273. The molecular weight excluding hydrogens is 258 g/mol. The zero-order chi connectivity index (χ0) is 14.3. The molecule has 0 atom stereocenters. The van der Waals surface area contributed by atoms with Crippen LogP contribution >= 0.6 is 0 Å². The van der Waals surface area contributed by atoms with Crippen LogP contribution < -0.4 is 20.9 Å². The maximum Gasteiger partial charge on any atom is 0.272 e. The third-order valence-electron chi connectivity index (χ3n) is 1.95. The fourth-order valence-electron chi connectivity index (χ4n) is 1.25. The van der Waals surface area contributed by atoms with Crippen molar-refractivity contribution in [3.05, 3.63) is 23.8 Å². The summed E-state index contributed by atoms with van der Waals surface area (Å²) >= 11 is 0. The molecule has 8 heteroatoms. The highest BCUT2D eigenvalue weighted by Crippen LogP contribution is 2.30. The lowest BCUT2D eigenvalue weighted by atomic mass is 10.2. The Labute approximate surface area is 108 Å². The monoisotopic (exact) mass is 272 g/mol. The molecule has 1 aromatic rings. The lowest BCUT2D eigenvalue weighted by Gasteiger charge is -2.12. The van der Waals surface area contributed by atoms with Gasteiger partial charge in [0, 0.05) is 5.56 Å². The number of benzene rings is 1. The minimum Gasteiger partial charge on any atom is -0.493 e. The maximum atomic E-state index is 12.2. The van der Waals surface area contributed by atoms with Crippen LogP contribution in [0.2, 0.25) is 0 Å². The molecule has 0 aromatic heterocycles. The number of nitrogens with two attached hydrogens (primary N) is 2. The van der Waals surface area contributed by atoms with E-state index in [0.29, 0.717) is 11.3 Å². The van der Waals surface area contributed by atoms with Crippen molar-refractivity contribution in [1.82, 2.24) is 0 Å². The third-order valence-corrected chi connectivity index (χ3v) is 1.95. The van der Waals surface area contributed by atoms with Gasteiger partial charge in [-0.25, -0.2) is 8.78 Å². The van der Waals surface area contributed by atoms with Crippen LogP contribution in [0.3, 0.4) is 0 Å². The number of nitrogens with zero attached hydrogens (tertiary/aromatic N) is 2. The van der Waals surface area contributed by atoms with E-state index in [1.165, 1.54) is 13.3 Å². The van der Waals surface area contributed by atoms with Gasteiger partial charge in [0.05, 0.1) is 13.3 Å². The predicted octanol–water partition coefficient (Wildman–Crippen LogP) is 0.946. The van der Waals surface area contributed by atoms with Crippen LogP contribution in [0.15, 0.2) is 28.4 Å². The van der Waals surface area contributed by atoms with E-state index in [0.717, 1.165) is 0 Å². The number of alkyl halides is 2. The van der Waals surface area contributed by atoms with E-state index in [2.05, 4.69) is 10.2 Å². The van der Waals surface area contributed by atoms with Crippen LogP contribution in [0.5, 0.6) is 11.5 Å². The van der Waals surface area contributed by atoms with Crippen molar-refractivity contribution in [1.29, 1.82) is 0 Å². The second-order valence-electron chi connectivity index (χ2n) is 3.35. The lowest BCUT2D eigenvalue weighted by molar-refractivity contribution is 0.0804. The van der Waals surface area contributed by atoms with Crippen molar-refractivity contribution in [3.8, 4) is 11.5 Å². The van der Waals surface area contributed by atoms with Crippen LogP contribution in [0.25, 0.3) is 0 Å². The van der Waals surface area contributed by atoms with Crippen molar-refractivity contribution in [3.63, 3.8) is 0 Å². The largest absolute Gasteiger partial charge is 0.493 e. The molecule has 1 rings (SSSR count). The first kappa shape index (κ1) is 14.7. The van der Waals surface area contributed by atoms with Gasteiger partial charge in [0.2, 0.25) is 5.96 Å². The fourth-order valence-corrected chi connectivity index (χ4v) is 1.25. The molecule has 0 spiro atoms. The Morgan fingerprint density at radius 2 is 2.16 bits per heavy atom. The van der Waals surface area contributed by atoms with Crippen molar-refractivity contribution >= 4 is 12.2 Å². The van der Waals surface area contributed by atoms with E-state index in [4.69, 9.17) is 20.9 Å². The van der Waals surface area contributed by atoms with Gasteiger partial charge < -0.3 is 20.9 Å². The van der Waals surface area contributed by atoms with Gasteiger partial charge in [0.25, 0.3) is 6.43 Å². The van der Waals surface area contributed by atoms with Crippen molar-refractivity contribution in [2.24, 2.45) is 21.7 Å². The molecule has 0 aliphatic carbocycles. The van der Waals surface area contributed by atoms with Crippen LogP contribution in [-0.2, 0) is 0 Å². The average Bonchev–Trinajstić information content (AvgIpc) is 2.36. The molecule has 0 aliphatic heterocycles. The number of hydrogen-bond donors (Lipinski definition) is 2. The summed E-state index contributed by atoms with van der Waals surface area (Å²) in [6.07, 6.45) is -1.31. The Morgan fingerprint density at radius 1 is 1.42 bits per heavy atom. The van der Waals surface area contributed by atoms with Crippen LogP contribution in [0.1, 0.15) is 5.56 Å². The van der Waals surface area contributed by atoms with Crippen LogP contribution in [0.4, 0.5) is 8.78 Å². The first-order valence-corrected chi connectivity index (χ1v) is 5.24. The van der Waals surface area contributed by atoms with E-state index in [1.54, 1.807) is 18.2 Å². The number of ether oxygens (including phenoxy) is 2. The lowest BCUT2D eigenvalue weighted by Crippen LogP contribution is -2.21. The Hall–Kier alpha value is -2.38. The van der Waals surface area contributed by atoms with Gasteiger partial charge in [-0.1, -0.05) is 6.07 Å². The Balaban J connectivity index is 3.01. The number of methoxy groups -OCH3 is 1. The maximum absolute atomic E-state index is 12.2. The number of rotatable bonds is 6. The summed E-state index contributed by atoms with van der Waals surface area (Å²) in [4.78, 5) is 0. The van der Waals surface area contributed by atoms with Crippen molar-refractivity contribution in [2.45, 2.75) is 6.43 Å². The van der Waals surface area contributed by atoms with Gasteiger partial charge in [-0.05, 0) is 12.1 Å². The zero-order valence-electron chi connectivity index (χ0n) is 10.2. The zero-order valence-corrected chi connectivity index (χ0v) is 10.2. The second-order valence-corrected chi connectivity index (χ2v) is 3.35. The first-order chi connectivity index (χ1) is 9.04. The molecule has 0 bridgehead atoms. The van der Waals surface area contributed by atoms with Gasteiger partial charge in [-0.2, -0.15) is 5.10 Å². The van der Waals surface area contributed by atoms with E-state index < -0.39 is 13.0 Å². The summed E-state index contributed by atoms with van der Waals surface area (Å²) in [7, 11) is 1.40. The molecule has 0 aliphatic rings. The summed E-state index contributed by atoms with van der Waals surface area (Å²) in [5, 5.41) is 7.00. The van der Waals surface area contributed by atoms with Crippen molar-refractivity contribution in [2.75, 3.05) is 13.7 Å². The number of hydrogen-bond acceptors (Lipinski definition) is 4. The first-order valence-electron chi connectivity index (χ1n) is 5.24. The molecule has 0 amide bonds. The Morgan fingerprint density at radius 3 is 2.74 bits per heavy atom. The highest BCUT2D eigenvalue weighted by Gasteiger charge is 2.12. The van der Waals surface area contributed by atoms with E-state index in [-0.39, 0.29) is 11.7 Å². The third kappa shape index (κ3) is 4.78. The second kappa shape index (κ2) is 7.14. The number of guanidine groups is 1. The highest BCUT2D eigenvalue weighted by molar-refractivity contribution is 5.86. The van der Waals surface area contributed by atoms with Gasteiger partial charge >= 0.3 is 0 Å². The smallest absolute Gasteiger partial charge is 0.272 e. The normalized spacial score (nSPS) is 10.7. The molecule has 104 valence electrons. The average molecular weight is 272 g/mol.